The second kappa shape index (κ2) is 6.20. The lowest BCUT2D eigenvalue weighted by atomic mass is 9.95. The Balaban J connectivity index is 2.49. The lowest BCUT2D eigenvalue weighted by molar-refractivity contribution is 0.539. The van der Waals surface area contributed by atoms with Crippen LogP contribution in [0, 0.1) is 6.92 Å². The highest BCUT2D eigenvalue weighted by Crippen LogP contribution is 2.33. The highest BCUT2D eigenvalue weighted by Gasteiger charge is 2.27. The Labute approximate surface area is 129 Å². The Bertz CT molecular complexity index is 484. The minimum Gasteiger partial charge on any atom is -0.373 e. The molecule has 0 aliphatic heterocycles. The smallest absolute Gasteiger partial charge is 0.138 e. The lowest BCUT2D eigenvalue weighted by Gasteiger charge is -2.32. The van der Waals surface area contributed by atoms with E-state index in [0.29, 0.717) is 6.04 Å². The van der Waals surface area contributed by atoms with Gasteiger partial charge in [0.2, 0.25) is 0 Å². The van der Waals surface area contributed by atoms with Crippen molar-refractivity contribution in [2.45, 2.75) is 71.8 Å². The number of aromatic nitrogens is 2. The summed E-state index contributed by atoms with van der Waals surface area (Å²) in [6.45, 7) is 11.9. The van der Waals surface area contributed by atoms with E-state index in [9.17, 15) is 0 Å². The first kappa shape index (κ1) is 16.1. The minimum absolute atomic E-state index is 0.0386. The number of rotatable bonds is 4. The van der Waals surface area contributed by atoms with Gasteiger partial charge in [-0.05, 0) is 26.7 Å². The SMILES string of the molecule is CCN(c1nc(C(C)(C)C)nc(NC)c1C)C1CCCC1. The summed E-state index contributed by atoms with van der Waals surface area (Å²) in [7, 11) is 1.94. The van der Waals surface area contributed by atoms with Gasteiger partial charge in [0.15, 0.2) is 0 Å². The molecule has 0 unspecified atom stereocenters. The van der Waals surface area contributed by atoms with Crippen LogP contribution in [0.3, 0.4) is 0 Å². The maximum atomic E-state index is 4.94. The zero-order valence-corrected chi connectivity index (χ0v) is 14.5. The van der Waals surface area contributed by atoms with Crippen LogP contribution in [-0.4, -0.2) is 29.6 Å². The van der Waals surface area contributed by atoms with Gasteiger partial charge in [0.25, 0.3) is 0 Å². The summed E-state index contributed by atoms with van der Waals surface area (Å²) in [6.07, 6.45) is 5.26. The molecule has 1 aliphatic rings. The average molecular weight is 290 g/mol. The molecule has 0 bridgehead atoms. The van der Waals surface area contributed by atoms with Gasteiger partial charge < -0.3 is 10.2 Å². The second-order valence-corrected chi connectivity index (χ2v) is 7.07. The molecule has 1 aromatic rings. The third kappa shape index (κ3) is 3.30. The summed E-state index contributed by atoms with van der Waals surface area (Å²) in [6, 6.07) is 0.640. The van der Waals surface area contributed by atoms with E-state index < -0.39 is 0 Å². The van der Waals surface area contributed by atoms with Crippen LogP contribution in [0.15, 0.2) is 0 Å². The first-order valence-corrected chi connectivity index (χ1v) is 8.22. The van der Waals surface area contributed by atoms with Crippen LogP contribution in [0.4, 0.5) is 11.6 Å². The summed E-state index contributed by atoms with van der Waals surface area (Å²) < 4.78 is 0. The molecular weight excluding hydrogens is 260 g/mol. The molecule has 4 heteroatoms. The number of nitrogens with zero attached hydrogens (tertiary/aromatic N) is 3. The van der Waals surface area contributed by atoms with E-state index >= 15 is 0 Å². The molecule has 1 aromatic heterocycles. The summed E-state index contributed by atoms with van der Waals surface area (Å²) in [4.78, 5) is 12.1. The van der Waals surface area contributed by atoms with Crippen molar-refractivity contribution in [2.75, 3.05) is 23.8 Å². The van der Waals surface area contributed by atoms with Gasteiger partial charge in [-0.3, -0.25) is 0 Å². The second-order valence-electron chi connectivity index (χ2n) is 7.07. The molecule has 0 spiro atoms. The Hall–Kier alpha value is -1.32. The van der Waals surface area contributed by atoms with Crippen LogP contribution in [0.5, 0.6) is 0 Å². The van der Waals surface area contributed by atoms with E-state index in [2.05, 4.69) is 44.8 Å². The standard InChI is InChI=1S/C17H30N4/c1-7-21(13-10-8-9-11-13)15-12(2)14(18-6)19-16(20-15)17(3,4)5/h13H,7-11H2,1-6H3,(H,18,19,20). The molecule has 4 nitrogen and oxygen atoms in total. The fourth-order valence-electron chi connectivity index (χ4n) is 3.16. The van der Waals surface area contributed by atoms with Gasteiger partial charge in [0.1, 0.15) is 17.5 Å². The quantitative estimate of drug-likeness (QED) is 0.913. The van der Waals surface area contributed by atoms with E-state index in [-0.39, 0.29) is 5.41 Å². The molecule has 0 saturated heterocycles. The molecule has 2 rings (SSSR count). The van der Waals surface area contributed by atoms with Gasteiger partial charge in [-0.1, -0.05) is 33.6 Å². The van der Waals surface area contributed by atoms with Crippen molar-refractivity contribution in [1.29, 1.82) is 0 Å². The fourth-order valence-corrected chi connectivity index (χ4v) is 3.16. The molecule has 118 valence electrons. The number of hydrogen-bond donors (Lipinski definition) is 1. The maximum absolute atomic E-state index is 4.94. The third-order valence-electron chi connectivity index (χ3n) is 4.41. The monoisotopic (exact) mass is 290 g/mol. The molecule has 1 aliphatic carbocycles. The van der Waals surface area contributed by atoms with Crippen LogP contribution >= 0.6 is 0 Å². The molecule has 0 radical (unpaired) electrons. The minimum atomic E-state index is -0.0386. The Morgan fingerprint density at radius 3 is 2.29 bits per heavy atom. The summed E-state index contributed by atoms with van der Waals surface area (Å²) in [5, 5.41) is 3.24. The van der Waals surface area contributed by atoms with Gasteiger partial charge in [-0.2, -0.15) is 0 Å². The number of nitrogens with one attached hydrogen (secondary N) is 1. The molecule has 21 heavy (non-hydrogen) atoms. The van der Waals surface area contributed by atoms with Crippen molar-refractivity contribution >= 4 is 11.6 Å². The van der Waals surface area contributed by atoms with Crippen molar-refractivity contribution in [3.63, 3.8) is 0 Å². The summed E-state index contributed by atoms with van der Waals surface area (Å²) in [5.74, 6) is 3.00. The highest BCUT2D eigenvalue weighted by molar-refractivity contribution is 5.59. The molecule has 1 heterocycles. The summed E-state index contributed by atoms with van der Waals surface area (Å²) in [5.41, 5.74) is 1.13. The number of anilines is 2. The van der Waals surface area contributed by atoms with E-state index in [1.165, 1.54) is 31.2 Å². The van der Waals surface area contributed by atoms with E-state index in [0.717, 1.165) is 24.0 Å². The number of hydrogen-bond acceptors (Lipinski definition) is 4. The topological polar surface area (TPSA) is 41.1 Å². The largest absolute Gasteiger partial charge is 0.373 e. The van der Waals surface area contributed by atoms with Gasteiger partial charge >= 0.3 is 0 Å². The van der Waals surface area contributed by atoms with Gasteiger partial charge in [-0.15, -0.1) is 0 Å². The van der Waals surface area contributed by atoms with Crippen LogP contribution in [0.25, 0.3) is 0 Å². The van der Waals surface area contributed by atoms with E-state index in [4.69, 9.17) is 9.97 Å². The molecule has 1 saturated carbocycles. The molecule has 1 N–H and O–H groups in total. The average Bonchev–Trinajstić information content (AvgIpc) is 2.94. The Morgan fingerprint density at radius 2 is 1.81 bits per heavy atom. The molecular formula is C17H30N4. The molecule has 1 fully saturated rings. The van der Waals surface area contributed by atoms with Crippen LogP contribution in [0.2, 0.25) is 0 Å². The van der Waals surface area contributed by atoms with Crippen LogP contribution < -0.4 is 10.2 Å². The van der Waals surface area contributed by atoms with Gasteiger partial charge in [-0.25, -0.2) is 9.97 Å². The molecule has 0 atom stereocenters. The Kier molecular flexibility index (Phi) is 4.74. The van der Waals surface area contributed by atoms with Crippen molar-refractivity contribution in [2.24, 2.45) is 0 Å². The zero-order valence-electron chi connectivity index (χ0n) is 14.5. The highest BCUT2D eigenvalue weighted by atomic mass is 15.2. The van der Waals surface area contributed by atoms with Crippen molar-refractivity contribution in [3.8, 4) is 0 Å². The van der Waals surface area contributed by atoms with Gasteiger partial charge in [0.05, 0.1) is 0 Å². The first-order chi connectivity index (χ1) is 9.88. The predicted molar refractivity (Wildman–Crippen MR) is 90.3 cm³/mol. The summed E-state index contributed by atoms with van der Waals surface area (Å²) >= 11 is 0. The third-order valence-corrected chi connectivity index (χ3v) is 4.41. The van der Waals surface area contributed by atoms with Crippen molar-refractivity contribution < 1.29 is 0 Å². The van der Waals surface area contributed by atoms with Crippen LogP contribution in [0.1, 0.15) is 64.8 Å². The van der Waals surface area contributed by atoms with Crippen molar-refractivity contribution in [1.82, 2.24) is 9.97 Å². The zero-order chi connectivity index (χ0) is 15.6. The van der Waals surface area contributed by atoms with Gasteiger partial charge in [0, 0.05) is 30.6 Å². The van der Waals surface area contributed by atoms with E-state index in [1.807, 2.05) is 7.05 Å². The maximum Gasteiger partial charge on any atom is 0.138 e. The van der Waals surface area contributed by atoms with Crippen molar-refractivity contribution in [3.05, 3.63) is 11.4 Å². The predicted octanol–water partition coefficient (Wildman–Crippen LogP) is 3.89. The van der Waals surface area contributed by atoms with Crippen LogP contribution in [-0.2, 0) is 5.41 Å². The molecule has 0 aromatic carbocycles. The first-order valence-electron chi connectivity index (χ1n) is 8.22. The van der Waals surface area contributed by atoms with E-state index in [1.54, 1.807) is 0 Å². The fraction of sp³-hybridized carbons (Fsp3) is 0.765. The molecule has 0 amide bonds. The lowest BCUT2D eigenvalue weighted by Crippen LogP contribution is -2.35. The Morgan fingerprint density at radius 1 is 1.19 bits per heavy atom. The normalized spacial score (nSPS) is 16.3.